The Hall–Kier alpha value is -3.29. The van der Waals surface area contributed by atoms with Crippen LogP contribution in [0, 0.1) is 5.92 Å². The average Bonchev–Trinajstić information content (AvgIpc) is 3.31. The molecule has 1 amide bonds. The zero-order valence-corrected chi connectivity index (χ0v) is 17.5. The Labute approximate surface area is 180 Å². The monoisotopic (exact) mass is 418 g/mol. The van der Waals surface area contributed by atoms with Crippen LogP contribution < -0.4 is 5.56 Å². The second-order valence-electron chi connectivity index (χ2n) is 8.43. The lowest BCUT2D eigenvalue weighted by atomic mass is 9.95. The molecule has 31 heavy (non-hydrogen) atoms. The summed E-state index contributed by atoms with van der Waals surface area (Å²) in [5, 5.41) is 13.2. The van der Waals surface area contributed by atoms with Gasteiger partial charge in [-0.25, -0.2) is 4.68 Å². The van der Waals surface area contributed by atoms with Crippen LogP contribution in [-0.4, -0.2) is 48.7 Å². The molecule has 1 aromatic carbocycles. The van der Waals surface area contributed by atoms with Crippen LogP contribution in [0.15, 0.2) is 47.4 Å². The topological polar surface area (TPSA) is 85.9 Å². The molecule has 5 rings (SSSR count). The summed E-state index contributed by atoms with van der Waals surface area (Å²) in [5.41, 5.74) is 3.38. The number of carbonyl (C=O) groups is 1. The number of aromatic nitrogens is 5. The van der Waals surface area contributed by atoms with Crippen molar-refractivity contribution < 1.29 is 4.79 Å². The molecule has 2 aliphatic rings. The number of rotatable bonds is 4. The number of fused-ring (bicyclic) bond motifs is 1. The van der Waals surface area contributed by atoms with Gasteiger partial charge in [0.1, 0.15) is 0 Å². The van der Waals surface area contributed by atoms with Crippen LogP contribution in [-0.2, 0) is 19.4 Å². The lowest BCUT2D eigenvalue weighted by Crippen LogP contribution is -2.40. The van der Waals surface area contributed by atoms with Crippen molar-refractivity contribution in [2.45, 2.75) is 45.1 Å². The Bertz CT molecular complexity index is 1130. The minimum absolute atomic E-state index is 0.00307. The van der Waals surface area contributed by atoms with Crippen LogP contribution in [0.2, 0.25) is 0 Å². The van der Waals surface area contributed by atoms with Crippen molar-refractivity contribution in [3.8, 4) is 5.69 Å². The third-order valence-electron chi connectivity index (χ3n) is 6.30. The van der Waals surface area contributed by atoms with Crippen LogP contribution in [0.25, 0.3) is 5.69 Å². The van der Waals surface area contributed by atoms with E-state index in [9.17, 15) is 9.59 Å². The van der Waals surface area contributed by atoms with Crippen molar-refractivity contribution in [3.05, 3.63) is 69.9 Å². The molecular weight excluding hydrogens is 392 g/mol. The first-order chi connectivity index (χ1) is 15.2. The van der Waals surface area contributed by atoms with E-state index in [2.05, 4.69) is 15.3 Å². The Morgan fingerprint density at radius 3 is 2.61 bits per heavy atom. The van der Waals surface area contributed by atoms with Gasteiger partial charge in [0.05, 0.1) is 17.6 Å². The molecule has 8 nitrogen and oxygen atoms in total. The summed E-state index contributed by atoms with van der Waals surface area (Å²) in [6.45, 7) is 1.93. The molecule has 1 saturated heterocycles. The molecule has 0 atom stereocenters. The zero-order chi connectivity index (χ0) is 21.2. The molecule has 3 aromatic rings. The summed E-state index contributed by atoms with van der Waals surface area (Å²) in [4.78, 5) is 28.6. The van der Waals surface area contributed by atoms with Gasteiger partial charge in [-0.2, -0.15) is 15.0 Å². The number of aryl methyl sites for hydroxylation is 2. The number of hydrogen-bond acceptors (Lipinski definition) is 5. The van der Waals surface area contributed by atoms with Crippen molar-refractivity contribution >= 4 is 5.91 Å². The quantitative estimate of drug-likeness (QED) is 0.649. The van der Waals surface area contributed by atoms with E-state index in [1.807, 2.05) is 35.2 Å². The van der Waals surface area contributed by atoms with Crippen molar-refractivity contribution in [1.29, 1.82) is 0 Å². The fourth-order valence-corrected chi connectivity index (χ4v) is 4.50. The number of piperidine rings is 1. The molecule has 1 aliphatic carbocycles. The van der Waals surface area contributed by atoms with Gasteiger partial charge in [-0.05, 0) is 62.1 Å². The highest BCUT2D eigenvalue weighted by molar-refractivity contribution is 5.92. The number of carbonyl (C=O) groups excluding carboxylic acids is 1. The number of nitrogens with zero attached hydrogens (tertiary/aromatic N) is 6. The SMILES string of the molecule is O=C(c1cnn(-c2ccccc2)n1)N1CCC(Cn2nc3c(cc2=O)CCCC3)CC1. The second kappa shape index (κ2) is 8.45. The molecular formula is C23H26N6O2. The van der Waals surface area contributed by atoms with Gasteiger partial charge in [0.25, 0.3) is 11.5 Å². The number of likely N-dealkylation sites (tertiary alicyclic amines) is 1. The van der Waals surface area contributed by atoms with E-state index < -0.39 is 0 Å². The summed E-state index contributed by atoms with van der Waals surface area (Å²) in [6, 6.07) is 11.3. The van der Waals surface area contributed by atoms with Gasteiger partial charge in [-0.3, -0.25) is 9.59 Å². The van der Waals surface area contributed by atoms with E-state index in [0.29, 0.717) is 31.2 Å². The zero-order valence-electron chi connectivity index (χ0n) is 17.5. The summed E-state index contributed by atoms with van der Waals surface area (Å²) in [7, 11) is 0. The predicted octanol–water partition coefficient (Wildman–Crippen LogP) is 2.26. The molecule has 2 aromatic heterocycles. The van der Waals surface area contributed by atoms with Gasteiger partial charge < -0.3 is 4.90 Å². The predicted molar refractivity (Wildman–Crippen MR) is 115 cm³/mol. The molecule has 0 bridgehead atoms. The van der Waals surface area contributed by atoms with Crippen LogP contribution in [0.5, 0.6) is 0 Å². The highest BCUT2D eigenvalue weighted by Crippen LogP contribution is 2.21. The maximum Gasteiger partial charge on any atom is 0.276 e. The van der Waals surface area contributed by atoms with Gasteiger partial charge in [0.2, 0.25) is 0 Å². The third kappa shape index (κ3) is 4.15. The maximum atomic E-state index is 12.9. The highest BCUT2D eigenvalue weighted by atomic mass is 16.2. The second-order valence-corrected chi connectivity index (χ2v) is 8.43. The van der Waals surface area contributed by atoms with Crippen LogP contribution in [0.4, 0.5) is 0 Å². The van der Waals surface area contributed by atoms with E-state index in [0.717, 1.165) is 55.5 Å². The smallest absolute Gasteiger partial charge is 0.276 e. The first-order valence-electron chi connectivity index (χ1n) is 11.0. The van der Waals surface area contributed by atoms with Crippen LogP contribution in [0.1, 0.15) is 47.4 Å². The van der Waals surface area contributed by atoms with Gasteiger partial charge in [-0.1, -0.05) is 18.2 Å². The van der Waals surface area contributed by atoms with E-state index in [-0.39, 0.29) is 11.5 Å². The molecule has 8 heteroatoms. The normalized spacial score (nSPS) is 16.8. The van der Waals surface area contributed by atoms with Crippen molar-refractivity contribution in [2.24, 2.45) is 5.92 Å². The van der Waals surface area contributed by atoms with E-state index in [1.165, 1.54) is 11.0 Å². The van der Waals surface area contributed by atoms with Crippen molar-refractivity contribution in [2.75, 3.05) is 13.1 Å². The molecule has 0 N–H and O–H groups in total. The van der Waals surface area contributed by atoms with Crippen molar-refractivity contribution in [3.63, 3.8) is 0 Å². The minimum atomic E-state index is -0.0929. The fraction of sp³-hybridized carbons (Fsp3) is 0.435. The van der Waals surface area contributed by atoms with Gasteiger partial charge in [0.15, 0.2) is 5.69 Å². The molecule has 1 aliphatic heterocycles. The fourth-order valence-electron chi connectivity index (χ4n) is 4.50. The minimum Gasteiger partial charge on any atom is -0.337 e. The summed E-state index contributed by atoms with van der Waals surface area (Å²) >= 11 is 0. The molecule has 1 fully saturated rings. The first-order valence-corrected chi connectivity index (χ1v) is 11.0. The highest BCUT2D eigenvalue weighted by Gasteiger charge is 2.26. The largest absolute Gasteiger partial charge is 0.337 e. The standard InChI is InChI=1S/C23H26N6O2/c30-22-14-18-6-4-5-9-20(18)25-28(22)16-17-10-12-27(13-11-17)23(31)21-15-24-29(26-21)19-7-2-1-3-8-19/h1-3,7-8,14-15,17H,4-6,9-13,16H2. The molecule has 160 valence electrons. The number of benzene rings is 1. The molecule has 0 radical (unpaired) electrons. The first kappa shape index (κ1) is 19.7. The molecule has 0 spiro atoms. The Balaban J connectivity index is 1.21. The van der Waals surface area contributed by atoms with Gasteiger partial charge >= 0.3 is 0 Å². The number of amides is 1. The lowest BCUT2D eigenvalue weighted by molar-refractivity contribution is 0.0674. The lowest BCUT2D eigenvalue weighted by Gasteiger charge is -2.31. The van der Waals surface area contributed by atoms with Crippen LogP contribution >= 0.6 is 0 Å². The van der Waals surface area contributed by atoms with Crippen molar-refractivity contribution in [1.82, 2.24) is 29.7 Å². The molecule has 0 unspecified atom stereocenters. The summed E-state index contributed by atoms with van der Waals surface area (Å²) < 4.78 is 1.64. The summed E-state index contributed by atoms with van der Waals surface area (Å²) in [6.07, 6.45) is 7.45. The maximum absolute atomic E-state index is 12.9. The Morgan fingerprint density at radius 1 is 1.03 bits per heavy atom. The van der Waals surface area contributed by atoms with Crippen LogP contribution in [0.3, 0.4) is 0 Å². The van der Waals surface area contributed by atoms with Gasteiger partial charge in [-0.15, -0.1) is 5.10 Å². The van der Waals surface area contributed by atoms with E-state index in [4.69, 9.17) is 0 Å². The Morgan fingerprint density at radius 2 is 1.81 bits per heavy atom. The third-order valence-corrected chi connectivity index (χ3v) is 6.30. The summed E-state index contributed by atoms with van der Waals surface area (Å²) in [5.74, 6) is 0.251. The number of para-hydroxylation sites is 1. The van der Waals surface area contributed by atoms with Gasteiger partial charge in [0, 0.05) is 25.7 Å². The molecule has 0 saturated carbocycles. The Kier molecular flexibility index (Phi) is 5.36. The van der Waals surface area contributed by atoms with E-state index in [1.54, 1.807) is 10.7 Å². The van der Waals surface area contributed by atoms with E-state index >= 15 is 0 Å². The number of hydrogen-bond donors (Lipinski definition) is 0. The average molecular weight is 419 g/mol. The molecule has 3 heterocycles.